The summed E-state index contributed by atoms with van der Waals surface area (Å²) in [5.41, 5.74) is 10.1. The highest BCUT2D eigenvalue weighted by Crippen LogP contribution is 2.39. The van der Waals surface area contributed by atoms with Gasteiger partial charge >= 0.3 is 0 Å². The maximum atomic E-state index is 9.47. The molecule has 0 unspecified atom stereocenters. The molecule has 0 aliphatic rings. The summed E-state index contributed by atoms with van der Waals surface area (Å²) in [6, 6.07) is 59.7. The first-order chi connectivity index (χ1) is 26.2. The van der Waals surface area contributed by atoms with Gasteiger partial charge in [0, 0.05) is 44.0 Å². The van der Waals surface area contributed by atoms with E-state index in [9.17, 15) is 10.5 Å². The third kappa shape index (κ3) is 4.73. The Morgan fingerprint density at radius 2 is 0.962 bits per heavy atom. The molecule has 0 aliphatic heterocycles. The van der Waals surface area contributed by atoms with Crippen molar-refractivity contribution in [1.29, 1.82) is 10.5 Å². The van der Waals surface area contributed by atoms with Gasteiger partial charge in [-0.3, -0.25) is 0 Å². The van der Waals surface area contributed by atoms with E-state index in [0.717, 1.165) is 61.0 Å². The zero-order valence-corrected chi connectivity index (χ0v) is 28.2. The van der Waals surface area contributed by atoms with Crippen LogP contribution >= 0.6 is 0 Å². The Kier molecular flexibility index (Phi) is 6.79. The smallest absolute Gasteiger partial charge is 0.184 e. The SMILES string of the molecule is N#Cc1ccc(-c2nc(-c3cccc4c5ccccc5n(-c5cccc(-n6c7ccccc7c7ccccc76)c5)c34)nn2-c2ccc(C#N)cc2)cc1. The van der Waals surface area contributed by atoms with Crippen LogP contribution in [0.3, 0.4) is 0 Å². The van der Waals surface area contributed by atoms with Crippen molar-refractivity contribution in [1.82, 2.24) is 23.9 Å². The van der Waals surface area contributed by atoms with Gasteiger partial charge < -0.3 is 9.13 Å². The Hall–Kier alpha value is -7.74. The van der Waals surface area contributed by atoms with Crippen LogP contribution in [-0.2, 0) is 0 Å². The van der Waals surface area contributed by atoms with Gasteiger partial charge in [-0.15, -0.1) is 5.10 Å². The number of aromatic nitrogens is 5. The van der Waals surface area contributed by atoms with Crippen LogP contribution in [0.25, 0.3) is 83.4 Å². The summed E-state index contributed by atoms with van der Waals surface area (Å²) < 4.78 is 6.47. The molecule has 7 nitrogen and oxygen atoms in total. The number of hydrogen-bond donors (Lipinski definition) is 0. The summed E-state index contributed by atoms with van der Waals surface area (Å²) >= 11 is 0. The van der Waals surface area contributed by atoms with Crippen LogP contribution in [0.1, 0.15) is 11.1 Å². The first-order valence-corrected chi connectivity index (χ1v) is 17.3. The Labute approximate surface area is 304 Å². The lowest BCUT2D eigenvalue weighted by molar-refractivity contribution is 0.890. The largest absolute Gasteiger partial charge is 0.309 e. The van der Waals surface area contributed by atoms with E-state index in [1.807, 2.05) is 28.9 Å². The van der Waals surface area contributed by atoms with Crippen molar-refractivity contribution in [2.45, 2.75) is 0 Å². The molecule has 7 heteroatoms. The minimum absolute atomic E-state index is 0.557. The highest BCUT2D eigenvalue weighted by molar-refractivity contribution is 6.13. The lowest BCUT2D eigenvalue weighted by Gasteiger charge is -2.13. The second-order valence-corrected chi connectivity index (χ2v) is 13.0. The van der Waals surface area contributed by atoms with Crippen LogP contribution in [-0.4, -0.2) is 23.9 Å². The van der Waals surface area contributed by atoms with Crippen molar-refractivity contribution < 1.29 is 0 Å². The van der Waals surface area contributed by atoms with Crippen LogP contribution in [0.4, 0.5) is 0 Å². The zero-order chi connectivity index (χ0) is 35.5. The standard InChI is InChI=1S/C46H27N7/c47-28-30-19-23-32(24-20-30)46-49-45(50-53(46)33-25-21-31(29-48)22-26-33)40-15-8-14-39-38-13-3-6-18-43(38)52(44(39)40)35-10-7-9-34(27-35)51-41-16-4-1-11-36(41)37-12-2-5-17-42(37)51/h1-27H. The second kappa shape index (κ2) is 11.9. The quantitative estimate of drug-likeness (QED) is 0.181. The summed E-state index contributed by atoms with van der Waals surface area (Å²) in [6.45, 7) is 0. The van der Waals surface area contributed by atoms with Gasteiger partial charge in [-0.05, 0) is 91.0 Å². The molecule has 0 saturated carbocycles. The number of hydrogen-bond acceptors (Lipinski definition) is 4. The van der Waals surface area contributed by atoms with Crippen molar-refractivity contribution in [3.63, 3.8) is 0 Å². The molecule has 0 aliphatic carbocycles. The van der Waals surface area contributed by atoms with Gasteiger partial charge in [-0.1, -0.05) is 72.8 Å². The third-order valence-electron chi connectivity index (χ3n) is 9.98. The lowest BCUT2D eigenvalue weighted by atomic mass is 10.1. The number of benzene rings is 7. The predicted molar refractivity (Wildman–Crippen MR) is 210 cm³/mol. The Balaban J connectivity index is 1.22. The van der Waals surface area contributed by atoms with Gasteiger partial charge in [0.1, 0.15) is 0 Å². The van der Waals surface area contributed by atoms with Crippen LogP contribution in [0.5, 0.6) is 0 Å². The van der Waals surface area contributed by atoms with Gasteiger partial charge in [0.05, 0.1) is 51.0 Å². The molecule has 7 aromatic carbocycles. The molecule has 0 spiro atoms. The predicted octanol–water partition coefficient (Wildman–Crippen LogP) is 10.5. The molecule has 10 aromatic rings. The van der Waals surface area contributed by atoms with Crippen LogP contribution in [0, 0.1) is 22.7 Å². The molecule has 0 bridgehead atoms. The fraction of sp³-hybridized carbons (Fsp3) is 0. The highest BCUT2D eigenvalue weighted by Gasteiger charge is 2.22. The molecule has 0 N–H and O–H groups in total. The summed E-state index contributed by atoms with van der Waals surface area (Å²) in [5, 5.41) is 28.7. The fourth-order valence-electron chi connectivity index (χ4n) is 7.60. The van der Waals surface area contributed by atoms with Gasteiger partial charge in [-0.25, -0.2) is 9.67 Å². The minimum Gasteiger partial charge on any atom is -0.309 e. The minimum atomic E-state index is 0.557. The third-order valence-corrected chi connectivity index (χ3v) is 9.98. The van der Waals surface area contributed by atoms with E-state index in [1.165, 1.54) is 10.8 Å². The number of nitriles is 2. The van der Waals surface area contributed by atoms with Crippen molar-refractivity contribution in [3.8, 4) is 52.0 Å². The average Bonchev–Trinajstić information content (AvgIpc) is 3.92. The molecule has 246 valence electrons. The van der Waals surface area contributed by atoms with E-state index < -0.39 is 0 Å². The molecular formula is C46H27N7. The van der Waals surface area contributed by atoms with E-state index in [4.69, 9.17) is 10.1 Å². The Morgan fingerprint density at radius 3 is 1.58 bits per heavy atom. The number of nitrogens with zero attached hydrogens (tertiary/aromatic N) is 7. The first kappa shape index (κ1) is 30.1. The number of rotatable bonds is 5. The molecule has 3 heterocycles. The fourth-order valence-corrected chi connectivity index (χ4v) is 7.60. The van der Waals surface area contributed by atoms with Crippen LogP contribution in [0.15, 0.2) is 164 Å². The Bertz CT molecular complexity index is 3000. The van der Waals surface area contributed by atoms with Crippen molar-refractivity contribution in [2.75, 3.05) is 0 Å². The molecule has 0 radical (unpaired) electrons. The second-order valence-electron chi connectivity index (χ2n) is 13.0. The maximum Gasteiger partial charge on any atom is 0.184 e. The van der Waals surface area contributed by atoms with E-state index >= 15 is 0 Å². The number of para-hydroxylation sites is 4. The van der Waals surface area contributed by atoms with Gasteiger partial charge in [0.2, 0.25) is 0 Å². The van der Waals surface area contributed by atoms with Crippen molar-refractivity contribution in [2.24, 2.45) is 0 Å². The molecule has 0 atom stereocenters. The highest BCUT2D eigenvalue weighted by atomic mass is 15.4. The summed E-state index contributed by atoms with van der Waals surface area (Å²) in [4.78, 5) is 5.19. The van der Waals surface area contributed by atoms with E-state index in [0.29, 0.717) is 22.8 Å². The average molecular weight is 678 g/mol. The van der Waals surface area contributed by atoms with Crippen molar-refractivity contribution in [3.05, 3.63) is 175 Å². The van der Waals surface area contributed by atoms with E-state index in [2.05, 4.69) is 137 Å². The summed E-state index contributed by atoms with van der Waals surface area (Å²) in [6.07, 6.45) is 0. The molecule has 0 amide bonds. The number of fused-ring (bicyclic) bond motifs is 6. The van der Waals surface area contributed by atoms with Gasteiger partial charge in [0.25, 0.3) is 0 Å². The molecule has 0 saturated heterocycles. The summed E-state index contributed by atoms with van der Waals surface area (Å²) in [5.74, 6) is 1.18. The molecule has 3 aromatic heterocycles. The monoisotopic (exact) mass is 677 g/mol. The lowest BCUT2D eigenvalue weighted by Crippen LogP contribution is -2.00. The zero-order valence-electron chi connectivity index (χ0n) is 28.2. The van der Waals surface area contributed by atoms with E-state index in [1.54, 1.807) is 24.3 Å². The van der Waals surface area contributed by atoms with Crippen LogP contribution in [0.2, 0.25) is 0 Å². The van der Waals surface area contributed by atoms with Gasteiger partial charge in [-0.2, -0.15) is 10.5 Å². The normalized spacial score (nSPS) is 11.4. The van der Waals surface area contributed by atoms with Gasteiger partial charge in [0.15, 0.2) is 11.6 Å². The Morgan fingerprint density at radius 1 is 0.453 bits per heavy atom. The molecule has 53 heavy (non-hydrogen) atoms. The topological polar surface area (TPSA) is 88.2 Å². The molecular weight excluding hydrogens is 651 g/mol. The summed E-state index contributed by atoms with van der Waals surface area (Å²) in [7, 11) is 0. The van der Waals surface area contributed by atoms with Crippen LogP contribution < -0.4 is 0 Å². The van der Waals surface area contributed by atoms with E-state index in [-0.39, 0.29) is 0 Å². The first-order valence-electron chi connectivity index (χ1n) is 17.3. The molecule has 0 fully saturated rings. The molecule has 10 rings (SSSR count). The maximum absolute atomic E-state index is 9.47. The van der Waals surface area contributed by atoms with Crippen molar-refractivity contribution >= 4 is 43.6 Å².